The standard InChI is InChI=1S/C17H20N6O.ClH/c1-3-19-12-9-14(18)23(4-2)17-15(12)16(21-22-17)20-10-11-7-5-6-8-13(11)24;/h5-10H,3-4H2,1-2H3,(H4,18,19,20,21,22,24);1H. The third kappa shape index (κ3) is 3.51. The van der Waals surface area contributed by atoms with Crippen molar-refractivity contribution in [3.8, 4) is 5.75 Å². The van der Waals surface area contributed by atoms with Gasteiger partial charge in [0.25, 0.3) is 5.65 Å². The summed E-state index contributed by atoms with van der Waals surface area (Å²) >= 11 is 0. The van der Waals surface area contributed by atoms with Crippen LogP contribution in [0.3, 0.4) is 0 Å². The van der Waals surface area contributed by atoms with Gasteiger partial charge in [0.05, 0.1) is 12.2 Å². The number of fused-ring (bicyclic) bond motifs is 1. The molecule has 0 saturated carbocycles. The van der Waals surface area contributed by atoms with Gasteiger partial charge in [-0.1, -0.05) is 12.1 Å². The number of para-hydroxylation sites is 1. The molecule has 0 fully saturated rings. The van der Waals surface area contributed by atoms with Crippen LogP contribution in [0.2, 0.25) is 0 Å². The zero-order valence-corrected chi connectivity index (χ0v) is 14.9. The molecule has 0 aliphatic carbocycles. The molecule has 0 atom stereocenters. The van der Waals surface area contributed by atoms with Crippen molar-refractivity contribution in [3.05, 3.63) is 35.9 Å². The number of aromatic nitrogens is 3. The van der Waals surface area contributed by atoms with E-state index >= 15 is 0 Å². The van der Waals surface area contributed by atoms with Crippen LogP contribution in [0, 0.1) is 0 Å². The van der Waals surface area contributed by atoms with Crippen molar-refractivity contribution in [2.24, 2.45) is 4.99 Å². The van der Waals surface area contributed by atoms with E-state index in [9.17, 15) is 5.11 Å². The van der Waals surface area contributed by atoms with E-state index < -0.39 is 0 Å². The van der Waals surface area contributed by atoms with Gasteiger partial charge in [0.1, 0.15) is 11.1 Å². The minimum Gasteiger partial charge on any atom is -1.00 e. The number of pyridine rings is 1. The van der Waals surface area contributed by atoms with Crippen molar-refractivity contribution >= 4 is 34.6 Å². The number of phenolic OH excluding ortho intramolecular Hbond substituents is 1. The molecule has 3 aromatic rings. The predicted octanol–water partition coefficient (Wildman–Crippen LogP) is -0.655. The first-order valence-corrected chi connectivity index (χ1v) is 7.92. The van der Waals surface area contributed by atoms with Crippen LogP contribution in [0.4, 0.5) is 17.3 Å². The fraction of sp³-hybridized carbons (Fsp3) is 0.235. The first kappa shape index (κ1) is 18.5. The molecular formula is C17H21ClN6O. The molecule has 0 amide bonds. The van der Waals surface area contributed by atoms with Crippen LogP contribution in [0.1, 0.15) is 19.4 Å². The first-order chi connectivity index (χ1) is 11.7. The van der Waals surface area contributed by atoms with Gasteiger partial charge < -0.3 is 28.6 Å². The summed E-state index contributed by atoms with van der Waals surface area (Å²) in [6.45, 7) is 5.51. The molecule has 7 nitrogen and oxygen atoms in total. The maximum atomic E-state index is 9.86. The molecule has 132 valence electrons. The normalized spacial score (nSPS) is 11.0. The number of nitrogens with zero attached hydrogens (tertiary/aromatic N) is 3. The molecule has 2 heterocycles. The fourth-order valence-electron chi connectivity index (χ4n) is 2.67. The Hall–Kier alpha value is -2.80. The molecule has 2 aromatic heterocycles. The van der Waals surface area contributed by atoms with Gasteiger partial charge in [0.15, 0.2) is 5.82 Å². The second-order valence-electron chi connectivity index (χ2n) is 5.35. The number of phenols is 1. The Balaban J connectivity index is 0.00000225. The third-order valence-electron chi connectivity index (χ3n) is 3.81. The largest absolute Gasteiger partial charge is 1.00 e. The minimum atomic E-state index is 0. The number of H-pyrrole nitrogens is 1. The highest BCUT2D eigenvalue weighted by Gasteiger charge is 2.20. The molecule has 5 N–H and O–H groups in total. The summed E-state index contributed by atoms with van der Waals surface area (Å²) < 4.78 is 1.92. The van der Waals surface area contributed by atoms with Crippen molar-refractivity contribution in [2.45, 2.75) is 20.4 Å². The van der Waals surface area contributed by atoms with Crippen molar-refractivity contribution in [3.63, 3.8) is 0 Å². The summed E-state index contributed by atoms with van der Waals surface area (Å²) in [6.07, 6.45) is 1.62. The summed E-state index contributed by atoms with van der Waals surface area (Å²) in [4.78, 5) is 4.48. The highest BCUT2D eigenvalue weighted by Crippen LogP contribution is 2.30. The van der Waals surface area contributed by atoms with E-state index in [0.717, 1.165) is 23.3 Å². The molecule has 0 unspecified atom stereocenters. The van der Waals surface area contributed by atoms with Crippen molar-refractivity contribution in [2.75, 3.05) is 17.6 Å². The van der Waals surface area contributed by atoms with Crippen LogP contribution in [-0.2, 0) is 6.54 Å². The number of rotatable bonds is 5. The Labute approximate surface area is 152 Å². The van der Waals surface area contributed by atoms with E-state index in [1.54, 1.807) is 24.4 Å². The number of halogens is 1. The van der Waals surface area contributed by atoms with E-state index in [-0.39, 0.29) is 18.2 Å². The maximum absolute atomic E-state index is 9.86. The number of nitrogen functional groups attached to an aromatic ring is 1. The number of aliphatic imine (C=N–C) groups is 1. The van der Waals surface area contributed by atoms with Gasteiger partial charge in [-0.05, 0) is 31.1 Å². The number of nitrogens with two attached hydrogens (primary N) is 1. The number of anilines is 2. The van der Waals surface area contributed by atoms with Crippen LogP contribution in [0.15, 0.2) is 35.3 Å². The Morgan fingerprint density at radius 1 is 1.36 bits per heavy atom. The summed E-state index contributed by atoms with van der Waals surface area (Å²) in [5, 5.41) is 21.4. The Morgan fingerprint density at radius 3 is 2.80 bits per heavy atom. The molecule has 25 heavy (non-hydrogen) atoms. The molecule has 0 spiro atoms. The topological polar surface area (TPSA) is 103 Å². The number of nitrogens with one attached hydrogen (secondary N) is 2. The van der Waals surface area contributed by atoms with Gasteiger partial charge in [0.2, 0.25) is 5.82 Å². The molecule has 8 heteroatoms. The first-order valence-electron chi connectivity index (χ1n) is 7.92. The quantitative estimate of drug-likeness (QED) is 0.358. The molecule has 0 aliphatic rings. The van der Waals surface area contributed by atoms with Gasteiger partial charge in [-0.25, -0.2) is 9.56 Å². The molecule has 0 saturated heterocycles. The Bertz CT molecular complexity index is 906. The van der Waals surface area contributed by atoms with Crippen LogP contribution in [0.5, 0.6) is 5.75 Å². The number of hydrogen-bond acceptors (Lipinski definition) is 5. The van der Waals surface area contributed by atoms with E-state index in [1.807, 2.05) is 30.5 Å². The fourth-order valence-corrected chi connectivity index (χ4v) is 2.67. The lowest BCUT2D eigenvalue weighted by molar-refractivity contribution is -0.655. The lowest BCUT2D eigenvalue weighted by atomic mass is 10.2. The molecule has 3 rings (SSSR count). The average Bonchev–Trinajstić information content (AvgIpc) is 2.99. The lowest BCUT2D eigenvalue weighted by Gasteiger charge is -2.08. The highest BCUT2D eigenvalue weighted by molar-refractivity contribution is 5.98. The summed E-state index contributed by atoms with van der Waals surface area (Å²) in [6, 6.07) is 8.94. The van der Waals surface area contributed by atoms with Crippen LogP contribution in [0.25, 0.3) is 11.0 Å². The number of aryl methyl sites for hydroxylation is 1. The van der Waals surface area contributed by atoms with Crippen LogP contribution >= 0.6 is 0 Å². The highest BCUT2D eigenvalue weighted by atomic mass is 35.5. The summed E-state index contributed by atoms with van der Waals surface area (Å²) in [5.74, 6) is 1.44. The second-order valence-corrected chi connectivity index (χ2v) is 5.35. The van der Waals surface area contributed by atoms with Crippen LogP contribution in [-0.4, -0.2) is 28.1 Å². The third-order valence-corrected chi connectivity index (χ3v) is 3.81. The molecule has 1 aromatic carbocycles. The van der Waals surface area contributed by atoms with Gasteiger partial charge in [0, 0.05) is 24.4 Å². The lowest BCUT2D eigenvalue weighted by Crippen LogP contribution is -3.00. The number of hydrogen-bond donors (Lipinski definition) is 4. The van der Waals surface area contributed by atoms with Gasteiger partial charge >= 0.3 is 0 Å². The van der Waals surface area contributed by atoms with Crippen molar-refractivity contribution < 1.29 is 22.1 Å². The van der Waals surface area contributed by atoms with Gasteiger partial charge in [-0.15, -0.1) is 0 Å². The Morgan fingerprint density at radius 2 is 2.12 bits per heavy atom. The SMILES string of the molecule is CCNc1cc(N)[n+](CC)c2n[nH]c(/N=C/c3ccccc3O)c12.[Cl-]. The predicted molar refractivity (Wildman–Crippen MR) is 95.9 cm³/mol. The summed E-state index contributed by atoms with van der Waals surface area (Å²) in [5.41, 5.74) is 8.39. The maximum Gasteiger partial charge on any atom is 0.299 e. The molecule has 0 aliphatic heterocycles. The van der Waals surface area contributed by atoms with Crippen molar-refractivity contribution in [1.29, 1.82) is 0 Å². The number of aromatic amines is 1. The molecular weight excluding hydrogens is 340 g/mol. The van der Waals surface area contributed by atoms with E-state index in [4.69, 9.17) is 5.73 Å². The van der Waals surface area contributed by atoms with E-state index in [0.29, 0.717) is 23.7 Å². The van der Waals surface area contributed by atoms with Gasteiger partial charge in [-0.2, -0.15) is 5.10 Å². The molecule has 0 bridgehead atoms. The second kappa shape index (κ2) is 7.85. The minimum absolute atomic E-state index is 0. The van der Waals surface area contributed by atoms with Gasteiger partial charge in [-0.3, -0.25) is 0 Å². The summed E-state index contributed by atoms with van der Waals surface area (Å²) in [7, 11) is 0. The van der Waals surface area contributed by atoms with E-state index in [1.165, 1.54) is 0 Å². The van der Waals surface area contributed by atoms with Crippen LogP contribution < -0.4 is 28.0 Å². The van der Waals surface area contributed by atoms with Crippen molar-refractivity contribution in [1.82, 2.24) is 10.2 Å². The number of aromatic hydroxyl groups is 1. The number of benzene rings is 1. The zero-order chi connectivity index (χ0) is 17.1. The smallest absolute Gasteiger partial charge is 0.299 e. The monoisotopic (exact) mass is 360 g/mol. The van der Waals surface area contributed by atoms with E-state index in [2.05, 4.69) is 20.5 Å². The zero-order valence-electron chi connectivity index (χ0n) is 14.1. The average molecular weight is 361 g/mol. The Kier molecular flexibility index (Phi) is 5.82. The molecule has 0 radical (unpaired) electrons.